The number of carbonyl (C=O) groups excluding carboxylic acids is 1. The van der Waals surface area contributed by atoms with E-state index in [1.54, 1.807) is 0 Å². The largest absolute Gasteiger partial charge is 0.395 e. The summed E-state index contributed by atoms with van der Waals surface area (Å²) in [5, 5.41) is 8.65. The number of rotatable bonds is 4. The summed E-state index contributed by atoms with van der Waals surface area (Å²) in [5.74, 6) is 0.0350. The van der Waals surface area contributed by atoms with Crippen molar-refractivity contribution < 1.29 is 9.90 Å². The monoisotopic (exact) mass is 157 g/mol. The van der Waals surface area contributed by atoms with Crippen molar-refractivity contribution in [3.63, 3.8) is 0 Å². The molecular formula is C8H15NO2. The van der Waals surface area contributed by atoms with Gasteiger partial charge in [-0.25, -0.2) is 0 Å². The Kier molecular flexibility index (Phi) is 2.88. The molecule has 3 nitrogen and oxygen atoms in total. The van der Waals surface area contributed by atoms with Crippen LogP contribution in [0.15, 0.2) is 0 Å². The first kappa shape index (κ1) is 8.53. The zero-order valence-corrected chi connectivity index (χ0v) is 6.92. The Balaban J connectivity index is 2.17. The summed E-state index contributed by atoms with van der Waals surface area (Å²) in [6.45, 7) is 3.75. The molecule has 1 N–H and O–H groups in total. The minimum atomic E-state index is -0.0909. The molecule has 0 saturated carbocycles. The highest BCUT2D eigenvalue weighted by atomic mass is 16.3. The van der Waals surface area contributed by atoms with Gasteiger partial charge in [-0.1, -0.05) is 13.3 Å². The number of carbonyl (C=O) groups is 1. The highest BCUT2D eigenvalue weighted by Crippen LogP contribution is 2.16. The van der Waals surface area contributed by atoms with Crippen molar-refractivity contribution in [2.45, 2.75) is 19.8 Å². The molecule has 0 bridgehead atoms. The molecule has 1 heterocycles. The minimum absolute atomic E-state index is 0.0153. The highest BCUT2D eigenvalue weighted by molar-refractivity contribution is 5.84. The fraction of sp³-hybridized carbons (Fsp3) is 0.875. The van der Waals surface area contributed by atoms with E-state index in [1.165, 1.54) is 0 Å². The standard InChI is InChI=1S/C8H15NO2/c1-2-3-4-9-5-7(6-10)8(9)11/h7,10H,2-6H2,1H3. The fourth-order valence-corrected chi connectivity index (χ4v) is 1.27. The third kappa shape index (κ3) is 1.71. The Hall–Kier alpha value is -0.570. The summed E-state index contributed by atoms with van der Waals surface area (Å²) in [6.07, 6.45) is 2.19. The van der Waals surface area contributed by atoms with Crippen molar-refractivity contribution in [1.29, 1.82) is 0 Å². The van der Waals surface area contributed by atoms with Gasteiger partial charge in [-0.2, -0.15) is 0 Å². The van der Waals surface area contributed by atoms with E-state index in [9.17, 15) is 4.79 Å². The summed E-state index contributed by atoms with van der Waals surface area (Å²) in [4.78, 5) is 12.9. The third-order valence-corrected chi connectivity index (χ3v) is 2.10. The Labute approximate surface area is 67.0 Å². The lowest BCUT2D eigenvalue weighted by Crippen LogP contribution is -2.54. The number of nitrogens with zero attached hydrogens (tertiary/aromatic N) is 1. The van der Waals surface area contributed by atoms with Gasteiger partial charge in [0.1, 0.15) is 0 Å². The van der Waals surface area contributed by atoms with Crippen LogP contribution in [-0.2, 0) is 4.79 Å². The van der Waals surface area contributed by atoms with Gasteiger partial charge in [0.05, 0.1) is 12.5 Å². The van der Waals surface area contributed by atoms with Crippen LogP contribution < -0.4 is 0 Å². The first-order valence-corrected chi connectivity index (χ1v) is 4.19. The maximum atomic E-state index is 11.1. The molecule has 0 aromatic carbocycles. The second kappa shape index (κ2) is 3.72. The van der Waals surface area contributed by atoms with Gasteiger partial charge in [-0.05, 0) is 6.42 Å². The zero-order chi connectivity index (χ0) is 8.27. The first-order chi connectivity index (χ1) is 5.29. The van der Waals surface area contributed by atoms with Gasteiger partial charge in [0.2, 0.25) is 5.91 Å². The van der Waals surface area contributed by atoms with E-state index in [-0.39, 0.29) is 18.4 Å². The van der Waals surface area contributed by atoms with Gasteiger partial charge in [-0.15, -0.1) is 0 Å². The summed E-state index contributed by atoms with van der Waals surface area (Å²) in [7, 11) is 0. The molecule has 0 radical (unpaired) electrons. The average Bonchev–Trinajstić information content (AvgIpc) is 2.03. The molecule has 1 atom stereocenters. The highest BCUT2D eigenvalue weighted by Gasteiger charge is 2.34. The molecule has 1 aliphatic rings. The number of aliphatic hydroxyl groups excluding tert-OH is 1. The number of hydrogen-bond donors (Lipinski definition) is 1. The van der Waals surface area contributed by atoms with E-state index in [1.807, 2.05) is 4.90 Å². The number of unbranched alkanes of at least 4 members (excludes halogenated alkanes) is 1. The van der Waals surface area contributed by atoms with Gasteiger partial charge in [0.15, 0.2) is 0 Å². The van der Waals surface area contributed by atoms with Gasteiger partial charge >= 0.3 is 0 Å². The van der Waals surface area contributed by atoms with Gasteiger partial charge in [0, 0.05) is 13.1 Å². The molecule has 1 saturated heterocycles. The second-order valence-electron chi connectivity index (χ2n) is 3.02. The lowest BCUT2D eigenvalue weighted by molar-refractivity contribution is -0.150. The van der Waals surface area contributed by atoms with Crippen LogP contribution in [0.2, 0.25) is 0 Å². The zero-order valence-electron chi connectivity index (χ0n) is 6.92. The molecule has 1 aliphatic heterocycles. The number of hydrogen-bond acceptors (Lipinski definition) is 2. The summed E-state index contributed by atoms with van der Waals surface area (Å²) >= 11 is 0. The van der Waals surface area contributed by atoms with Crippen molar-refractivity contribution in [3.8, 4) is 0 Å². The predicted molar refractivity (Wildman–Crippen MR) is 42.1 cm³/mol. The maximum Gasteiger partial charge on any atom is 0.229 e. The topological polar surface area (TPSA) is 40.5 Å². The predicted octanol–water partition coefficient (Wildman–Crippen LogP) is 0.237. The molecule has 0 spiro atoms. The number of likely N-dealkylation sites (tertiary alicyclic amines) is 1. The molecule has 1 rings (SSSR count). The van der Waals surface area contributed by atoms with E-state index in [0.717, 1.165) is 25.9 Å². The molecule has 3 heteroatoms. The third-order valence-electron chi connectivity index (χ3n) is 2.10. The fourth-order valence-electron chi connectivity index (χ4n) is 1.27. The van der Waals surface area contributed by atoms with Crippen LogP contribution in [0.3, 0.4) is 0 Å². The van der Waals surface area contributed by atoms with Gasteiger partial charge in [-0.3, -0.25) is 4.79 Å². The summed E-state index contributed by atoms with van der Waals surface area (Å²) in [5.41, 5.74) is 0. The van der Waals surface area contributed by atoms with E-state index in [2.05, 4.69) is 6.92 Å². The minimum Gasteiger partial charge on any atom is -0.395 e. The van der Waals surface area contributed by atoms with Crippen molar-refractivity contribution in [1.82, 2.24) is 4.90 Å². The van der Waals surface area contributed by atoms with Crippen molar-refractivity contribution >= 4 is 5.91 Å². The maximum absolute atomic E-state index is 11.1. The van der Waals surface area contributed by atoms with Crippen LogP contribution in [0.25, 0.3) is 0 Å². The molecule has 11 heavy (non-hydrogen) atoms. The average molecular weight is 157 g/mol. The van der Waals surface area contributed by atoms with Crippen LogP contribution in [0, 0.1) is 5.92 Å². The van der Waals surface area contributed by atoms with Crippen molar-refractivity contribution in [3.05, 3.63) is 0 Å². The second-order valence-corrected chi connectivity index (χ2v) is 3.02. The normalized spacial score (nSPS) is 23.6. The Morgan fingerprint density at radius 3 is 2.91 bits per heavy atom. The van der Waals surface area contributed by atoms with E-state index < -0.39 is 0 Å². The molecule has 1 amide bonds. The number of amides is 1. The molecule has 1 unspecified atom stereocenters. The first-order valence-electron chi connectivity index (χ1n) is 4.19. The molecule has 0 aromatic rings. The van der Waals surface area contributed by atoms with Crippen LogP contribution in [0.1, 0.15) is 19.8 Å². The quantitative estimate of drug-likeness (QED) is 0.594. The Morgan fingerprint density at radius 2 is 2.45 bits per heavy atom. The summed E-state index contributed by atoms with van der Waals surface area (Å²) < 4.78 is 0. The van der Waals surface area contributed by atoms with Crippen LogP contribution in [-0.4, -0.2) is 35.6 Å². The smallest absolute Gasteiger partial charge is 0.229 e. The Morgan fingerprint density at radius 1 is 1.73 bits per heavy atom. The van der Waals surface area contributed by atoms with Crippen LogP contribution in [0.5, 0.6) is 0 Å². The van der Waals surface area contributed by atoms with Gasteiger partial charge < -0.3 is 10.0 Å². The number of β-lactam (4-membered cyclic amide) rings is 1. The lowest BCUT2D eigenvalue weighted by atomic mass is 10.00. The van der Waals surface area contributed by atoms with Crippen LogP contribution >= 0.6 is 0 Å². The van der Waals surface area contributed by atoms with Crippen molar-refractivity contribution in [2.24, 2.45) is 5.92 Å². The molecule has 0 aliphatic carbocycles. The van der Waals surface area contributed by atoms with E-state index in [0.29, 0.717) is 0 Å². The molecule has 64 valence electrons. The molecular weight excluding hydrogens is 142 g/mol. The lowest BCUT2D eigenvalue weighted by Gasteiger charge is -2.37. The van der Waals surface area contributed by atoms with E-state index in [4.69, 9.17) is 5.11 Å². The molecule has 1 fully saturated rings. The number of aliphatic hydroxyl groups is 1. The molecule has 0 aromatic heterocycles. The summed E-state index contributed by atoms with van der Waals surface area (Å²) in [6, 6.07) is 0. The SMILES string of the molecule is CCCCN1CC(CO)C1=O. The Bertz CT molecular complexity index is 145. The van der Waals surface area contributed by atoms with Gasteiger partial charge in [0.25, 0.3) is 0 Å². The van der Waals surface area contributed by atoms with Crippen molar-refractivity contribution in [2.75, 3.05) is 19.7 Å². The van der Waals surface area contributed by atoms with Crippen LogP contribution in [0.4, 0.5) is 0 Å². The van der Waals surface area contributed by atoms with E-state index >= 15 is 0 Å².